The van der Waals surface area contributed by atoms with Crippen LogP contribution in [0.4, 0.5) is 10.2 Å². The average molecular weight is 423 g/mol. The van der Waals surface area contributed by atoms with Gasteiger partial charge in [-0.2, -0.15) is 0 Å². The fraction of sp³-hybridized carbons (Fsp3) is 0.143. The van der Waals surface area contributed by atoms with Crippen LogP contribution in [-0.4, -0.2) is 44.8 Å². The molecule has 0 aromatic heterocycles. The lowest BCUT2D eigenvalue weighted by molar-refractivity contribution is -0.139. The molecule has 1 atom stereocenters. The summed E-state index contributed by atoms with van der Waals surface area (Å²) in [7, 11) is 3.03. The smallest absolute Gasteiger partial charge is 0.331 e. The normalized spacial score (nSPS) is 12.0. The molecule has 1 unspecified atom stereocenters. The highest BCUT2D eigenvalue weighted by molar-refractivity contribution is 5.79. The largest absolute Gasteiger partial charge is 0.497 e. The molecule has 0 spiro atoms. The molecule has 4 rings (SSSR count). The summed E-state index contributed by atoms with van der Waals surface area (Å²) >= 11 is 0. The Morgan fingerprint density at radius 1 is 1.16 bits per heavy atom. The van der Waals surface area contributed by atoms with E-state index in [1.54, 1.807) is 24.3 Å². The molecule has 2 heterocycles. The molecule has 0 radical (unpaired) electrons. The van der Waals surface area contributed by atoms with Crippen molar-refractivity contribution in [1.29, 1.82) is 0 Å². The Balaban J connectivity index is 1.95. The predicted molar refractivity (Wildman–Crippen MR) is 110 cm³/mol. The van der Waals surface area contributed by atoms with Crippen molar-refractivity contribution in [2.24, 2.45) is 0 Å². The molecule has 3 N–H and O–H groups in total. The van der Waals surface area contributed by atoms with Crippen LogP contribution in [0.15, 0.2) is 48.8 Å². The van der Waals surface area contributed by atoms with Gasteiger partial charge in [0.1, 0.15) is 17.3 Å². The van der Waals surface area contributed by atoms with Crippen LogP contribution in [0.2, 0.25) is 0 Å². The number of benzene rings is 2. The predicted octanol–water partition coefficient (Wildman–Crippen LogP) is 2.86. The summed E-state index contributed by atoms with van der Waals surface area (Å²) < 4.78 is 26.3. The first-order valence-corrected chi connectivity index (χ1v) is 9.14. The molecule has 0 saturated carbocycles. The summed E-state index contributed by atoms with van der Waals surface area (Å²) in [5.41, 5.74) is 6.64. The van der Waals surface area contributed by atoms with Crippen LogP contribution in [0, 0.1) is 5.82 Å². The molecule has 0 aliphatic carbocycles. The van der Waals surface area contributed by atoms with Gasteiger partial charge in [-0.3, -0.25) is 4.57 Å². The third kappa shape index (κ3) is 3.48. The molecule has 31 heavy (non-hydrogen) atoms. The van der Waals surface area contributed by atoms with Crippen LogP contribution in [0.1, 0.15) is 11.6 Å². The third-order valence-corrected chi connectivity index (χ3v) is 4.81. The van der Waals surface area contributed by atoms with Gasteiger partial charge in [0.2, 0.25) is 0 Å². The molecule has 0 bridgehead atoms. The van der Waals surface area contributed by atoms with E-state index in [9.17, 15) is 14.3 Å². The van der Waals surface area contributed by atoms with Gasteiger partial charge in [-0.05, 0) is 24.3 Å². The molecule has 2 aliphatic rings. The number of carbonyl (C=O) groups is 1. The van der Waals surface area contributed by atoms with Gasteiger partial charge in [0, 0.05) is 5.56 Å². The summed E-state index contributed by atoms with van der Waals surface area (Å²) in [6.45, 7) is 0. The topological polar surface area (TPSA) is 125 Å². The number of nitrogens with zero attached hydrogens (tertiary/aromatic N) is 4. The van der Waals surface area contributed by atoms with Crippen molar-refractivity contribution < 1.29 is 23.8 Å². The van der Waals surface area contributed by atoms with Crippen molar-refractivity contribution in [3.05, 3.63) is 60.2 Å². The summed E-state index contributed by atoms with van der Waals surface area (Å²) in [6, 6.07) is 9.31. The van der Waals surface area contributed by atoms with Gasteiger partial charge in [-0.25, -0.2) is 24.1 Å². The molecule has 0 saturated heterocycles. The van der Waals surface area contributed by atoms with E-state index >= 15 is 0 Å². The number of hydrogen-bond acceptors (Lipinski definition) is 7. The highest BCUT2D eigenvalue weighted by Crippen LogP contribution is 2.37. The number of ether oxygens (including phenoxy) is 2. The Morgan fingerprint density at radius 2 is 1.94 bits per heavy atom. The second-order valence-corrected chi connectivity index (χ2v) is 6.59. The Morgan fingerprint density at radius 3 is 2.61 bits per heavy atom. The van der Waals surface area contributed by atoms with Gasteiger partial charge in [-0.1, -0.05) is 18.2 Å². The number of halogens is 1. The number of aliphatic carboxylic acids is 1. The summed E-state index contributed by atoms with van der Waals surface area (Å²) in [6.07, 6.45) is 1.21. The zero-order chi connectivity index (χ0) is 22.1. The standard InChI is InChI=1S/C21H18FN5O4/c1-30-11-7-8-15(31-2)13(9-11)19-25-16-18(23)24-10-27(20(16)26-19)17(21(28)29)12-5-3-4-6-14(12)22/h3-10,17H,23H2,1-2H3,(H,28,29). The number of fused-ring (bicyclic) bond motifs is 1. The number of carboxylic acids is 1. The van der Waals surface area contributed by atoms with E-state index in [4.69, 9.17) is 15.2 Å². The maximum Gasteiger partial charge on any atom is 0.331 e. The molecule has 10 heteroatoms. The maximum atomic E-state index is 14.4. The number of nitrogen functional groups attached to an aromatic ring is 1. The minimum absolute atomic E-state index is 0.0450. The number of methoxy groups -OCH3 is 2. The van der Waals surface area contributed by atoms with Crippen molar-refractivity contribution in [3.8, 4) is 34.4 Å². The quantitative estimate of drug-likeness (QED) is 0.485. The van der Waals surface area contributed by atoms with Crippen molar-refractivity contribution in [1.82, 2.24) is 19.5 Å². The van der Waals surface area contributed by atoms with Crippen LogP contribution in [0.3, 0.4) is 0 Å². The molecule has 158 valence electrons. The summed E-state index contributed by atoms with van der Waals surface area (Å²) in [5.74, 6) is -0.478. The van der Waals surface area contributed by atoms with Crippen molar-refractivity contribution in [2.75, 3.05) is 20.0 Å². The lowest BCUT2D eigenvalue weighted by Gasteiger charge is -2.19. The number of carboxylic acid groups (broad SMARTS) is 1. The number of hydrogen-bond donors (Lipinski definition) is 2. The van der Waals surface area contributed by atoms with E-state index in [2.05, 4.69) is 15.0 Å². The second kappa shape index (κ2) is 7.90. The lowest BCUT2D eigenvalue weighted by atomic mass is 10.1. The van der Waals surface area contributed by atoms with Crippen LogP contribution < -0.4 is 15.2 Å². The van der Waals surface area contributed by atoms with E-state index in [0.717, 1.165) is 0 Å². The zero-order valence-corrected chi connectivity index (χ0v) is 16.6. The minimum atomic E-state index is -1.42. The van der Waals surface area contributed by atoms with Crippen molar-refractivity contribution >= 4 is 11.8 Å². The third-order valence-electron chi connectivity index (χ3n) is 4.81. The van der Waals surface area contributed by atoms with Gasteiger partial charge in [0.05, 0.1) is 26.1 Å². The Labute approximate surface area is 176 Å². The number of rotatable bonds is 6. The molecule has 0 fully saturated rings. The highest BCUT2D eigenvalue weighted by atomic mass is 19.1. The number of imidazole rings is 1. The fourth-order valence-electron chi connectivity index (χ4n) is 3.32. The Hall–Kier alpha value is -4.21. The van der Waals surface area contributed by atoms with E-state index in [1.807, 2.05) is 0 Å². The SMILES string of the molecule is COc1ccc(OC)c(-c2nc3c(N)ncn(C(C(=O)O)c4ccccc4F)c-3n2)c1. The first kappa shape index (κ1) is 20.1. The summed E-state index contributed by atoms with van der Waals surface area (Å²) in [5, 5.41) is 9.88. The molecular weight excluding hydrogens is 405 g/mol. The van der Waals surface area contributed by atoms with Gasteiger partial charge < -0.3 is 20.3 Å². The first-order valence-electron chi connectivity index (χ1n) is 9.14. The maximum absolute atomic E-state index is 14.4. The molecule has 9 nitrogen and oxygen atoms in total. The minimum Gasteiger partial charge on any atom is -0.497 e. The van der Waals surface area contributed by atoms with E-state index in [1.165, 1.54) is 43.3 Å². The number of aromatic nitrogens is 4. The molecule has 2 aromatic rings. The Kier molecular flexibility index (Phi) is 5.12. The molecule has 0 amide bonds. The highest BCUT2D eigenvalue weighted by Gasteiger charge is 2.31. The van der Waals surface area contributed by atoms with Crippen molar-refractivity contribution in [2.45, 2.75) is 6.04 Å². The second-order valence-electron chi connectivity index (χ2n) is 6.59. The van der Waals surface area contributed by atoms with Crippen molar-refractivity contribution in [3.63, 3.8) is 0 Å². The molecule has 2 aliphatic heterocycles. The van der Waals surface area contributed by atoms with Crippen LogP contribution >= 0.6 is 0 Å². The van der Waals surface area contributed by atoms with Gasteiger partial charge in [0.15, 0.2) is 29.2 Å². The zero-order valence-electron chi connectivity index (χ0n) is 16.6. The van der Waals surface area contributed by atoms with E-state index in [0.29, 0.717) is 17.1 Å². The van der Waals surface area contributed by atoms with E-state index < -0.39 is 17.8 Å². The van der Waals surface area contributed by atoms with Crippen LogP contribution in [0.5, 0.6) is 11.5 Å². The average Bonchev–Trinajstić information content (AvgIpc) is 3.22. The number of nitrogens with two attached hydrogens (primary N) is 1. The van der Waals surface area contributed by atoms with Crippen LogP contribution in [-0.2, 0) is 4.79 Å². The number of anilines is 1. The molecular formula is C21H18FN5O4. The fourth-order valence-corrected chi connectivity index (χ4v) is 3.32. The first-order chi connectivity index (χ1) is 14.9. The Bertz CT molecular complexity index is 1240. The molecule has 2 aromatic carbocycles. The van der Waals surface area contributed by atoms with Crippen LogP contribution in [0.25, 0.3) is 22.9 Å². The summed E-state index contributed by atoms with van der Waals surface area (Å²) in [4.78, 5) is 25.1. The monoisotopic (exact) mass is 423 g/mol. The van der Waals surface area contributed by atoms with Gasteiger partial charge in [-0.15, -0.1) is 0 Å². The van der Waals surface area contributed by atoms with Gasteiger partial charge in [0.25, 0.3) is 0 Å². The van der Waals surface area contributed by atoms with Gasteiger partial charge >= 0.3 is 5.97 Å². The lowest BCUT2D eigenvalue weighted by Crippen LogP contribution is -2.24. The van der Waals surface area contributed by atoms with E-state index in [-0.39, 0.29) is 28.7 Å².